The van der Waals surface area contributed by atoms with E-state index in [0.29, 0.717) is 89.3 Å². The van der Waals surface area contributed by atoms with E-state index in [4.69, 9.17) is 39.9 Å². The number of nitrogens with one attached hydrogen (secondary N) is 8. The van der Waals surface area contributed by atoms with Crippen LogP contribution in [0.2, 0.25) is 0 Å². The summed E-state index contributed by atoms with van der Waals surface area (Å²) in [5.41, 5.74) is 49.0. The first kappa shape index (κ1) is 77.0. The van der Waals surface area contributed by atoms with Crippen LogP contribution in [0, 0.1) is 0 Å². The third-order valence-electron chi connectivity index (χ3n) is 27.0. The summed E-state index contributed by atoms with van der Waals surface area (Å²) in [6, 6.07) is 118. The molecule has 16 aromatic carbocycles. The molecule has 0 unspecified atom stereocenters. The van der Waals surface area contributed by atoms with Crippen LogP contribution in [0.15, 0.2) is 389 Å². The predicted octanol–water partition coefficient (Wildman–Crippen LogP) is 22.4. The van der Waals surface area contributed by atoms with Crippen molar-refractivity contribution in [2.45, 2.75) is 0 Å². The molecule has 0 saturated carbocycles. The van der Waals surface area contributed by atoms with Gasteiger partial charge >= 0.3 is 18.9 Å². The van der Waals surface area contributed by atoms with Crippen molar-refractivity contribution in [3.05, 3.63) is 389 Å². The van der Waals surface area contributed by atoms with Crippen LogP contribution in [0.4, 0.5) is 45.5 Å². The summed E-state index contributed by atoms with van der Waals surface area (Å²) in [5, 5.41) is 17.4. The topological polar surface area (TPSA) is 241 Å². The standard InChI is InChI=1S/C112H72N24.Li/c1-17-41-81-65(25-1)49-57-129(81)121-97-73-33-9-10-34-74(73)98(122-130-58-50-66-26-2-18-42-82(66)130)90-89(97)105-113-106(90)118-108-93-94(102(126-134-62-54-70-30-6-22-46-86(70)134)78-38-14-13-37-77(78)101(93)125-133-61-53-69-29-5-21-45-85(69)133)110(115-108)120-112-96-95(103(127-135-63-55-71-31-7-23-47-87(71)135)79-39-15-16-40-80(79)104(96)128-136-64-56-72-32-8-24-48-88(72)136)111(116-112)119-109-92-91(107(114-109)117-105)99(123-131-59-51-67-27-3-19-43-83(67)131)75-35-11-12-36-76(75)100(92)124-132-60-52-68-28-4-20-44-84(68)132;/h1-64,121-128H;/q-2;+1. The van der Waals surface area contributed by atoms with Crippen molar-refractivity contribution in [3.63, 3.8) is 0 Å². The molecule has 8 bridgehead atoms. The maximum Gasteiger partial charge on any atom is 1.00 e. The molecule has 0 aliphatic carbocycles. The molecule has 24 nitrogen and oxygen atoms in total. The Morgan fingerprint density at radius 2 is 0.307 bits per heavy atom. The second-order valence-corrected chi connectivity index (χ2v) is 34.5. The fourth-order valence-corrected chi connectivity index (χ4v) is 20.8. The predicted molar refractivity (Wildman–Crippen MR) is 552 cm³/mol. The minimum atomic E-state index is 0. The second kappa shape index (κ2) is 30.1. The van der Waals surface area contributed by atoms with E-state index in [1.807, 2.05) is 0 Å². The zero-order valence-corrected chi connectivity index (χ0v) is 73.1. The Morgan fingerprint density at radius 3 is 0.482 bits per heavy atom. The van der Waals surface area contributed by atoms with E-state index in [1.54, 1.807) is 0 Å². The molecular formula is C112H72LiN24-. The Balaban J connectivity index is 0.00000927. The summed E-state index contributed by atoms with van der Waals surface area (Å²) >= 11 is 0. The number of nitrogens with zero attached hydrogens (tertiary/aromatic N) is 16. The van der Waals surface area contributed by atoms with Crippen molar-refractivity contribution < 1.29 is 18.9 Å². The van der Waals surface area contributed by atoms with Gasteiger partial charge in [-0.15, -0.1) is 0 Å². The summed E-state index contributed by atoms with van der Waals surface area (Å²) < 4.78 is 16.6. The minimum Gasteiger partial charge on any atom is -0.357 e. The van der Waals surface area contributed by atoms with Crippen LogP contribution in [0.1, 0.15) is 0 Å². The number of fused-ring (bicyclic) bond motifs is 32. The van der Waals surface area contributed by atoms with Crippen LogP contribution in [0.5, 0.6) is 0 Å². The fraction of sp³-hybridized carbons (Fsp3) is 0. The van der Waals surface area contributed by atoms with Gasteiger partial charge in [-0.1, -0.05) is 243 Å². The normalized spacial score (nSPS) is 12.0. The molecule has 0 spiro atoms. The van der Waals surface area contributed by atoms with Crippen LogP contribution in [0.25, 0.3) is 220 Å². The van der Waals surface area contributed by atoms with Crippen molar-refractivity contribution in [2.24, 2.45) is 0 Å². The fourth-order valence-electron chi connectivity index (χ4n) is 20.8. The quantitative estimate of drug-likeness (QED) is 0.0331. The summed E-state index contributed by atoms with van der Waals surface area (Å²) in [7, 11) is 0. The molecule has 25 heteroatoms. The zero-order valence-electron chi connectivity index (χ0n) is 73.1. The number of anilines is 8. The van der Waals surface area contributed by atoms with E-state index >= 15 is 0 Å². The number of hydrogen-bond donors (Lipinski definition) is 8. The monoisotopic (exact) mass is 1760 g/mol. The number of aromatic nitrogens is 16. The minimum absolute atomic E-state index is 0. The molecule has 27 aromatic rings. The van der Waals surface area contributed by atoms with Crippen LogP contribution in [-0.2, 0) is 0 Å². The molecule has 0 fully saturated rings. The SMILES string of the molecule is [Li+].c1ccc2c(c1)ccn2Nc1c2c(c(Nn3ccc4ccccc43)c3ccccc13)-c1nc-2nc2[n-]c(nc3nc(nc4[n-]c(n1)c1c(Nn5ccc6ccccc65)c5ccccc5c(Nn5ccc6ccccc65)c41)-c1c-3c(Nn3ccc4ccccc43)c3ccccc3c1Nn1ccc3ccccc31)c1c(Nn3ccc4ccccc43)c3ccccc3c(Nn3ccc4ccccc43)c21. The van der Waals surface area contributed by atoms with Gasteiger partial charge in [0.2, 0.25) is 0 Å². The summed E-state index contributed by atoms with van der Waals surface area (Å²) in [5.74, 6) is 1.07. The van der Waals surface area contributed by atoms with E-state index < -0.39 is 0 Å². The molecule has 2 aliphatic heterocycles. The van der Waals surface area contributed by atoms with Crippen molar-refractivity contribution in [1.82, 2.24) is 77.3 Å². The molecule has 642 valence electrons. The molecule has 0 radical (unpaired) electrons. The molecule has 137 heavy (non-hydrogen) atoms. The first-order valence-corrected chi connectivity index (χ1v) is 45.1. The number of benzene rings is 16. The van der Waals surface area contributed by atoms with Crippen molar-refractivity contribution >= 4 is 220 Å². The van der Waals surface area contributed by atoms with E-state index in [-0.39, 0.29) is 64.7 Å². The van der Waals surface area contributed by atoms with Gasteiger partial charge in [0.05, 0.1) is 113 Å². The van der Waals surface area contributed by atoms with Gasteiger partial charge in [-0.2, -0.15) is 0 Å². The van der Waals surface area contributed by atoms with Crippen molar-refractivity contribution in [2.75, 3.05) is 43.4 Å². The largest absolute Gasteiger partial charge is 1.00 e. The van der Waals surface area contributed by atoms with Gasteiger partial charge < -0.3 is 29.9 Å². The molecule has 2 aliphatic rings. The van der Waals surface area contributed by atoms with Crippen LogP contribution in [-0.4, -0.2) is 67.3 Å². The first-order chi connectivity index (χ1) is 67.4. The third kappa shape index (κ3) is 11.9. The molecule has 11 aromatic heterocycles. The van der Waals surface area contributed by atoms with E-state index in [9.17, 15) is 0 Å². The maximum atomic E-state index is 6.26. The van der Waals surface area contributed by atoms with Gasteiger partial charge in [-0.3, -0.25) is 80.8 Å². The Labute approximate surface area is 789 Å². The molecule has 29 rings (SSSR count). The summed E-state index contributed by atoms with van der Waals surface area (Å²) in [4.78, 5) is 49.4. The van der Waals surface area contributed by atoms with Gasteiger partial charge in [0, 0.05) is 202 Å². The molecule has 8 N–H and O–H groups in total. The Hall–Kier alpha value is -18.8. The van der Waals surface area contributed by atoms with E-state index in [0.717, 1.165) is 130 Å². The summed E-state index contributed by atoms with van der Waals surface area (Å²) in [6.45, 7) is 0. The molecule has 0 atom stereocenters. The van der Waals surface area contributed by atoms with Crippen molar-refractivity contribution in [1.29, 1.82) is 0 Å². The molecular weight excluding hydrogens is 1690 g/mol. The van der Waals surface area contributed by atoms with Gasteiger partial charge in [-0.25, -0.2) is 9.97 Å². The van der Waals surface area contributed by atoms with Gasteiger partial charge in [0.15, 0.2) is 0 Å². The third-order valence-corrected chi connectivity index (χ3v) is 27.0. The Kier molecular flexibility index (Phi) is 17.0. The van der Waals surface area contributed by atoms with Crippen LogP contribution >= 0.6 is 0 Å². The van der Waals surface area contributed by atoms with Crippen LogP contribution < -0.4 is 72.2 Å². The second-order valence-electron chi connectivity index (χ2n) is 34.5. The Morgan fingerprint density at radius 1 is 0.161 bits per heavy atom. The van der Waals surface area contributed by atoms with E-state index in [1.165, 1.54) is 0 Å². The average Bonchev–Trinajstić information content (AvgIpc) is 1.55. The number of hydrogen-bond acceptors (Lipinski definition) is 14. The summed E-state index contributed by atoms with van der Waals surface area (Å²) in [6.07, 6.45) is 16.5. The molecule has 0 amide bonds. The van der Waals surface area contributed by atoms with Gasteiger partial charge in [-0.05, 0) is 97.1 Å². The van der Waals surface area contributed by atoms with Gasteiger partial charge in [0.1, 0.15) is 0 Å². The number of rotatable bonds is 16. The molecule has 0 saturated heterocycles. The maximum absolute atomic E-state index is 6.26. The first-order valence-electron chi connectivity index (χ1n) is 45.1. The average molecular weight is 1760 g/mol. The van der Waals surface area contributed by atoms with Crippen molar-refractivity contribution in [3.8, 4) is 45.6 Å². The zero-order chi connectivity index (χ0) is 88.9. The Bertz CT molecular complexity index is 8860. The molecule has 13 heterocycles. The van der Waals surface area contributed by atoms with E-state index in [2.05, 4.69) is 470 Å². The van der Waals surface area contributed by atoms with Gasteiger partial charge in [0.25, 0.3) is 0 Å². The number of para-hydroxylation sites is 8. The smallest absolute Gasteiger partial charge is 0.357 e. The van der Waals surface area contributed by atoms with Crippen LogP contribution in [0.3, 0.4) is 0 Å².